The number of carbonyl (C=O) groups is 1. The zero-order chi connectivity index (χ0) is 23.1. The lowest BCUT2D eigenvalue weighted by atomic mass is 9.92. The molecule has 0 aliphatic carbocycles. The lowest BCUT2D eigenvalue weighted by Crippen LogP contribution is -2.26. The maximum Gasteiger partial charge on any atom is 0.248 e. The topological polar surface area (TPSA) is 44.8 Å². The van der Waals surface area contributed by atoms with Crippen molar-refractivity contribution in [2.45, 2.75) is 12.7 Å². The fourth-order valence-corrected chi connectivity index (χ4v) is 4.67. The minimum Gasteiger partial charge on any atom is -0.497 e. The van der Waals surface area contributed by atoms with Crippen molar-refractivity contribution in [2.24, 2.45) is 0 Å². The van der Waals surface area contributed by atoms with Crippen molar-refractivity contribution in [1.29, 1.82) is 0 Å². The maximum atomic E-state index is 13.1. The molecule has 0 amide bonds. The summed E-state index contributed by atoms with van der Waals surface area (Å²) < 4.78 is 18.0. The summed E-state index contributed by atoms with van der Waals surface area (Å²) in [7, 11) is 1.59. The predicted octanol–water partition coefficient (Wildman–Crippen LogP) is 7.04. The van der Waals surface area contributed by atoms with Crippen LogP contribution >= 0.6 is 0 Å². The monoisotopic (exact) mass is 446 g/mol. The van der Waals surface area contributed by atoms with E-state index in [0.717, 1.165) is 32.7 Å². The molecule has 0 saturated carbocycles. The third kappa shape index (κ3) is 3.44. The maximum absolute atomic E-state index is 13.1. The van der Waals surface area contributed by atoms with Gasteiger partial charge in [0, 0.05) is 16.7 Å². The second-order valence-corrected chi connectivity index (χ2v) is 8.34. The number of ketones is 1. The molecule has 6 rings (SSSR count). The predicted molar refractivity (Wildman–Crippen MR) is 134 cm³/mol. The van der Waals surface area contributed by atoms with Crippen LogP contribution in [0.4, 0.5) is 0 Å². The molecule has 1 aliphatic heterocycles. The van der Waals surface area contributed by atoms with Crippen LogP contribution in [-0.4, -0.2) is 19.2 Å². The van der Waals surface area contributed by atoms with Gasteiger partial charge in [-0.3, -0.25) is 4.79 Å². The number of fused-ring (bicyclic) bond motifs is 7. The number of benzene rings is 5. The highest BCUT2D eigenvalue weighted by atomic mass is 16.7. The van der Waals surface area contributed by atoms with E-state index in [-0.39, 0.29) is 12.2 Å². The quantitative estimate of drug-likeness (QED) is 0.278. The number of hydrogen-bond acceptors (Lipinski definition) is 4. The van der Waals surface area contributed by atoms with Gasteiger partial charge in [0.1, 0.15) is 17.2 Å². The molecule has 5 aromatic carbocycles. The molecule has 0 atom stereocenters. The lowest BCUT2D eigenvalue weighted by Gasteiger charge is -2.18. The van der Waals surface area contributed by atoms with E-state index in [9.17, 15) is 4.79 Å². The van der Waals surface area contributed by atoms with Gasteiger partial charge in [-0.15, -0.1) is 0 Å². The van der Waals surface area contributed by atoms with Gasteiger partial charge in [0.2, 0.25) is 6.29 Å². The van der Waals surface area contributed by atoms with Gasteiger partial charge in [-0.25, -0.2) is 0 Å². The van der Waals surface area contributed by atoms with Gasteiger partial charge < -0.3 is 14.2 Å². The van der Waals surface area contributed by atoms with Gasteiger partial charge >= 0.3 is 0 Å². The van der Waals surface area contributed by atoms with Crippen molar-refractivity contribution in [2.75, 3.05) is 7.11 Å². The van der Waals surface area contributed by atoms with Crippen LogP contribution in [0, 0.1) is 0 Å². The standard InChI is InChI=1S/C30H22O4/c1-32-22-10-6-9-21(17-22)25(31)18-28-33-26-15-13-19-7-2-4-11-23(19)29(26)30-24-12-5-3-8-20(24)14-16-27(30)34-28/h2-17,28H,18H2,1H3. The van der Waals surface area contributed by atoms with Gasteiger partial charge in [0.15, 0.2) is 5.78 Å². The van der Waals surface area contributed by atoms with E-state index in [0.29, 0.717) is 22.8 Å². The van der Waals surface area contributed by atoms with Crippen molar-refractivity contribution in [1.82, 2.24) is 0 Å². The Morgan fingerprint density at radius 3 is 1.91 bits per heavy atom. The Kier molecular flexibility index (Phi) is 4.92. The smallest absolute Gasteiger partial charge is 0.248 e. The molecule has 0 bridgehead atoms. The zero-order valence-corrected chi connectivity index (χ0v) is 18.7. The third-order valence-electron chi connectivity index (χ3n) is 6.29. The summed E-state index contributed by atoms with van der Waals surface area (Å²) in [5.74, 6) is 1.98. The largest absolute Gasteiger partial charge is 0.497 e. The Morgan fingerprint density at radius 1 is 0.735 bits per heavy atom. The van der Waals surface area contributed by atoms with E-state index in [1.165, 1.54) is 0 Å². The fraction of sp³-hybridized carbons (Fsp3) is 0.100. The molecular weight excluding hydrogens is 424 g/mol. The zero-order valence-electron chi connectivity index (χ0n) is 18.7. The molecule has 0 unspecified atom stereocenters. The molecular formula is C30H22O4. The van der Waals surface area contributed by atoms with Crippen molar-refractivity contribution < 1.29 is 19.0 Å². The van der Waals surface area contributed by atoms with Crippen LogP contribution in [-0.2, 0) is 0 Å². The summed E-state index contributed by atoms with van der Waals surface area (Å²) in [6.45, 7) is 0. The van der Waals surface area contributed by atoms with Gasteiger partial charge in [-0.1, -0.05) is 72.8 Å². The summed E-state index contributed by atoms with van der Waals surface area (Å²) in [6.07, 6.45) is -0.688. The Balaban J connectivity index is 1.50. The molecule has 4 heteroatoms. The lowest BCUT2D eigenvalue weighted by molar-refractivity contribution is 0.00618. The molecule has 1 aliphatic rings. The van der Waals surface area contributed by atoms with Gasteiger partial charge in [-0.2, -0.15) is 0 Å². The summed E-state index contributed by atoms with van der Waals surface area (Å²) in [5, 5.41) is 4.41. The van der Waals surface area contributed by atoms with Gasteiger partial charge in [0.05, 0.1) is 13.5 Å². The normalized spacial score (nSPS) is 12.9. The van der Waals surface area contributed by atoms with Crippen molar-refractivity contribution in [3.63, 3.8) is 0 Å². The first-order valence-corrected chi connectivity index (χ1v) is 11.3. The average Bonchev–Trinajstić information content (AvgIpc) is 3.05. The van der Waals surface area contributed by atoms with Crippen LogP contribution in [0.3, 0.4) is 0 Å². The number of rotatable bonds is 4. The first-order chi connectivity index (χ1) is 16.7. The van der Waals surface area contributed by atoms with Crippen LogP contribution in [0.15, 0.2) is 97.1 Å². The Bertz CT molecular complexity index is 1470. The van der Waals surface area contributed by atoms with Crippen LogP contribution < -0.4 is 14.2 Å². The average molecular weight is 447 g/mol. The first kappa shape index (κ1) is 20.3. The molecule has 0 aromatic heterocycles. The summed E-state index contributed by atoms with van der Waals surface area (Å²) in [5.41, 5.74) is 2.54. The summed E-state index contributed by atoms with van der Waals surface area (Å²) in [4.78, 5) is 13.1. The fourth-order valence-electron chi connectivity index (χ4n) is 4.67. The Morgan fingerprint density at radius 2 is 1.32 bits per heavy atom. The molecule has 1 heterocycles. The highest BCUT2D eigenvalue weighted by Gasteiger charge is 2.28. The van der Waals surface area contributed by atoms with Gasteiger partial charge in [-0.05, 0) is 45.8 Å². The second-order valence-electron chi connectivity index (χ2n) is 8.34. The van der Waals surface area contributed by atoms with E-state index < -0.39 is 6.29 Å². The van der Waals surface area contributed by atoms with Crippen LogP contribution in [0.25, 0.3) is 32.7 Å². The van der Waals surface area contributed by atoms with Crippen molar-refractivity contribution >= 4 is 27.3 Å². The molecule has 0 spiro atoms. The molecule has 0 saturated heterocycles. The third-order valence-corrected chi connectivity index (χ3v) is 6.29. The molecule has 166 valence electrons. The number of methoxy groups -OCH3 is 1. The second kappa shape index (κ2) is 8.23. The summed E-state index contributed by atoms with van der Waals surface area (Å²) in [6, 6.07) is 31.7. The van der Waals surface area contributed by atoms with E-state index in [1.54, 1.807) is 19.2 Å². The molecule has 0 fully saturated rings. The van der Waals surface area contributed by atoms with Gasteiger partial charge in [0.25, 0.3) is 0 Å². The number of Topliss-reactive ketones (excluding diaryl/α,β-unsaturated/α-hetero) is 1. The van der Waals surface area contributed by atoms with Crippen LogP contribution in [0.2, 0.25) is 0 Å². The first-order valence-electron chi connectivity index (χ1n) is 11.3. The molecule has 5 aromatic rings. The van der Waals surface area contributed by atoms with Crippen molar-refractivity contribution in [3.05, 3.63) is 103 Å². The van der Waals surface area contributed by atoms with E-state index >= 15 is 0 Å². The van der Waals surface area contributed by atoms with Crippen molar-refractivity contribution in [3.8, 4) is 28.4 Å². The molecule has 4 nitrogen and oxygen atoms in total. The highest BCUT2D eigenvalue weighted by molar-refractivity contribution is 6.10. The Labute approximate surface area is 197 Å². The van der Waals surface area contributed by atoms with E-state index in [1.807, 2.05) is 60.7 Å². The van der Waals surface area contributed by atoms with E-state index in [2.05, 4.69) is 24.3 Å². The minimum absolute atomic E-state index is 0.0736. The van der Waals surface area contributed by atoms with Crippen LogP contribution in [0.1, 0.15) is 16.8 Å². The number of ether oxygens (including phenoxy) is 3. The molecule has 34 heavy (non-hydrogen) atoms. The Hall–Kier alpha value is -4.31. The highest BCUT2D eigenvalue weighted by Crippen LogP contribution is 2.47. The number of carbonyl (C=O) groups excluding carboxylic acids is 1. The summed E-state index contributed by atoms with van der Waals surface area (Å²) >= 11 is 0. The van der Waals surface area contributed by atoms with E-state index in [4.69, 9.17) is 14.2 Å². The molecule has 0 N–H and O–H groups in total. The number of hydrogen-bond donors (Lipinski definition) is 0. The SMILES string of the molecule is COc1cccc(C(=O)CC2Oc3ccc4ccccc4c3-c3c(ccc4ccccc34)O2)c1. The van der Waals surface area contributed by atoms with Crippen LogP contribution in [0.5, 0.6) is 17.2 Å². The molecule has 0 radical (unpaired) electrons. The minimum atomic E-state index is -0.763.